The number of nitriles is 1. The summed E-state index contributed by atoms with van der Waals surface area (Å²) in [6, 6.07) is 18.1. The van der Waals surface area contributed by atoms with Crippen LogP contribution < -0.4 is 29.0 Å². The third kappa shape index (κ3) is 6.95. The van der Waals surface area contributed by atoms with Gasteiger partial charge in [-0.15, -0.1) is 0 Å². The van der Waals surface area contributed by atoms with E-state index in [4.69, 9.17) is 23.7 Å². The lowest BCUT2D eigenvalue weighted by Crippen LogP contribution is -2.14. The molecule has 0 fully saturated rings. The number of hydrogen-bond acceptors (Lipinski definition) is 7. The van der Waals surface area contributed by atoms with Crippen molar-refractivity contribution < 1.29 is 28.5 Å². The van der Waals surface area contributed by atoms with Crippen LogP contribution in [0.4, 0.5) is 5.69 Å². The van der Waals surface area contributed by atoms with Crippen molar-refractivity contribution in [3.8, 4) is 34.8 Å². The molecule has 0 unspecified atom stereocenters. The Balaban J connectivity index is 1.83. The van der Waals surface area contributed by atoms with Crippen LogP contribution >= 0.6 is 0 Å². The minimum Gasteiger partial charge on any atom is -0.497 e. The van der Waals surface area contributed by atoms with Crippen molar-refractivity contribution in [2.24, 2.45) is 0 Å². The first-order valence-electron chi connectivity index (χ1n) is 11.6. The molecule has 8 heteroatoms. The Morgan fingerprint density at radius 2 is 1.62 bits per heavy atom. The average molecular weight is 503 g/mol. The highest BCUT2D eigenvalue weighted by Gasteiger charge is 2.14. The Hall–Kier alpha value is -4.64. The van der Waals surface area contributed by atoms with E-state index in [0.717, 1.165) is 11.1 Å². The van der Waals surface area contributed by atoms with E-state index in [0.29, 0.717) is 46.6 Å². The minimum absolute atomic E-state index is 0.0687. The fourth-order valence-corrected chi connectivity index (χ4v) is 3.58. The summed E-state index contributed by atoms with van der Waals surface area (Å²) in [5.41, 5.74) is 2.78. The van der Waals surface area contributed by atoms with Crippen LogP contribution in [0.2, 0.25) is 0 Å². The number of amides is 1. The number of methoxy groups -OCH3 is 3. The van der Waals surface area contributed by atoms with Crippen LogP contribution in [0.5, 0.6) is 28.7 Å². The molecule has 0 radical (unpaired) electrons. The number of anilines is 1. The van der Waals surface area contributed by atoms with Gasteiger partial charge >= 0.3 is 0 Å². The molecule has 1 amide bonds. The topological polar surface area (TPSA) is 99.0 Å². The molecule has 0 aliphatic rings. The van der Waals surface area contributed by atoms with Crippen molar-refractivity contribution >= 4 is 17.7 Å². The summed E-state index contributed by atoms with van der Waals surface area (Å²) in [5, 5.41) is 12.4. The second-order valence-corrected chi connectivity index (χ2v) is 7.93. The predicted octanol–water partition coefficient (Wildman–Crippen LogP) is 5.54. The largest absolute Gasteiger partial charge is 0.497 e. The first kappa shape index (κ1) is 27.0. The van der Waals surface area contributed by atoms with E-state index in [-0.39, 0.29) is 12.2 Å². The second-order valence-electron chi connectivity index (χ2n) is 7.93. The molecular weight excluding hydrogens is 472 g/mol. The quantitative estimate of drug-likeness (QED) is 0.271. The number of carbonyl (C=O) groups is 1. The fourth-order valence-electron chi connectivity index (χ4n) is 3.58. The maximum absolute atomic E-state index is 12.8. The molecule has 0 heterocycles. The maximum Gasteiger partial charge on any atom is 0.266 e. The first-order chi connectivity index (χ1) is 17.9. The van der Waals surface area contributed by atoms with Gasteiger partial charge in [-0.05, 0) is 73.5 Å². The van der Waals surface area contributed by atoms with Crippen molar-refractivity contribution in [2.45, 2.75) is 20.5 Å². The van der Waals surface area contributed by atoms with Gasteiger partial charge in [-0.25, -0.2) is 0 Å². The SMILES string of the molecule is CCOc1cc(/C=C(\C#N)C(=O)Nc2cc(C)ccc2OC)ccc1OCc1cc(OC)ccc1OC. The molecule has 1 N–H and O–H groups in total. The van der Waals surface area contributed by atoms with Gasteiger partial charge in [-0.1, -0.05) is 12.1 Å². The van der Waals surface area contributed by atoms with Crippen LogP contribution in [0.3, 0.4) is 0 Å². The second kappa shape index (κ2) is 12.9. The van der Waals surface area contributed by atoms with Crippen molar-refractivity contribution in [3.63, 3.8) is 0 Å². The molecule has 0 atom stereocenters. The van der Waals surface area contributed by atoms with Crippen LogP contribution in [0.25, 0.3) is 6.08 Å². The van der Waals surface area contributed by atoms with Crippen molar-refractivity contribution in [1.29, 1.82) is 5.26 Å². The zero-order valence-corrected chi connectivity index (χ0v) is 21.6. The van der Waals surface area contributed by atoms with Gasteiger partial charge in [0, 0.05) is 5.56 Å². The van der Waals surface area contributed by atoms with Crippen LogP contribution in [0.15, 0.2) is 60.2 Å². The number of hydrogen-bond donors (Lipinski definition) is 1. The summed E-state index contributed by atoms with van der Waals surface area (Å²) in [5.74, 6) is 2.31. The summed E-state index contributed by atoms with van der Waals surface area (Å²) in [4.78, 5) is 12.8. The molecule has 0 spiro atoms. The summed E-state index contributed by atoms with van der Waals surface area (Å²) in [7, 11) is 4.71. The minimum atomic E-state index is -0.546. The Kier molecular flexibility index (Phi) is 9.39. The van der Waals surface area contributed by atoms with E-state index < -0.39 is 5.91 Å². The molecule has 0 aliphatic heterocycles. The van der Waals surface area contributed by atoms with E-state index in [1.54, 1.807) is 44.6 Å². The summed E-state index contributed by atoms with van der Waals surface area (Å²) in [6.45, 7) is 4.39. The van der Waals surface area contributed by atoms with Gasteiger partial charge in [0.1, 0.15) is 35.5 Å². The third-order valence-corrected chi connectivity index (χ3v) is 5.42. The Morgan fingerprint density at radius 1 is 0.892 bits per heavy atom. The number of carbonyl (C=O) groups excluding carboxylic acids is 1. The molecule has 3 aromatic carbocycles. The Morgan fingerprint density at radius 3 is 2.30 bits per heavy atom. The monoisotopic (exact) mass is 502 g/mol. The van der Waals surface area contributed by atoms with Crippen LogP contribution in [0, 0.1) is 18.3 Å². The smallest absolute Gasteiger partial charge is 0.266 e. The van der Waals surface area contributed by atoms with Crippen LogP contribution in [0.1, 0.15) is 23.6 Å². The number of rotatable bonds is 11. The van der Waals surface area contributed by atoms with Crippen LogP contribution in [-0.2, 0) is 11.4 Å². The molecule has 0 bridgehead atoms. The normalized spacial score (nSPS) is 10.8. The first-order valence-corrected chi connectivity index (χ1v) is 11.6. The summed E-state index contributed by atoms with van der Waals surface area (Å²) in [6.07, 6.45) is 1.50. The average Bonchev–Trinajstić information content (AvgIpc) is 2.91. The molecule has 8 nitrogen and oxygen atoms in total. The van der Waals surface area contributed by atoms with E-state index in [2.05, 4.69) is 5.32 Å². The standard InChI is InChI=1S/C29H30N2O6/c1-6-36-28-15-20(8-11-27(28)37-18-22-16-23(33-3)9-12-25(22)34-4)14-21(17-30)29(32)31-24-13-19(2)7-10-26(24)35-5/h7-16H,6,18H2,1-5H3,(H,31,32)/b21-14+. The lowest BCUT2D eigenvalue weighted by atomic mass is 10.1. The molecule has 0 aromatic heterocycles. The molecule has 3 rings (SSSR count). The van der Waals surface area contributed by atoms with E-state index >= 15 is 0 Å². The highest BCUT2D eigenvalue weighted by Crippen LogP contribution is 2.32. The third-order valence-electron chi connectivity index (χ3n) is 5.42. The molecule has 0 saturated carbocycles. The number of nitrogens with one attached hydrogen (secondary N) is 1. The van der Waals surface area contributed by atoms with Crippen molar-refractivity contribution in [2.75, 3.05) is 33.3 Å². The van der Waals surface area contributed by atoms with Crippen LogP contribution in [-0.4, -0.2) is 33.8 Å². The summed E-state index contributed by atoms with van der Waals surface area (Å²) >= 11 is 0. The van der Waals surface area contributed by atoms with Gasteiger partial charge in [-0.3, -0.25) is 4.79 Å². The molecular formula is C29H30N2O6. The number of benzene rings is 3. The maximum atomic E-state index is 12.8. The van der Waals surface area contributed by atoms with Crippen molar-refractivity contribution in [3.05, 3.63) is 76.9 Å². The van der Waals surface area contributed by atoms with Crippen molar-refractivity contribution in [1.82, 2.24) is 0 Å². The van der Waals surface area contributed by atoms with Gasteiger partial charge < -0.3 is 29.0 Å². The van der Waals surface area contributed by atoms with E-state index in [9.17, 15) is 10.1 Å². The van der Waals surface area contributed by atoms with Gasteiger partial charge in [0.15, 0.2) is 11.5 Å². The number of ether oxygens (including phenoxy) is 5. The molecule has 37 heavy (non-hydrogen) atoms. The van der Waals surface area contributed by atoms with E-state index in [1.807, 2.05) is 44.2 Å². The van der Waals surface area contributed by atoms with Gasteiger partial charge in [0.25, 0.3) is 5.91 Å². The highest BCUT2D eigenvalue weighted by molar-refractivity contribution is 6.10. The molecule has 0 aliphatic carbocycles. The Labute approximate surface area is 217 Å². The van der Waals surface area contributed by atoms with Gasteiger partial charge in [0.2, 0.25) is 0 Å². The lowest BCUT2D eigenvalue weighted by Gasteiger charge is -2.15. The Bertz CT molecular complexity index is 1330. The van der Waals surface area contributed by atoms with Gasteiger partial charge in [0.05, 0.1) is 33.6 Å². The predicted molar refractivity (Wildman–Crippen MR) is 141 cm³/mol. The highest BCUT2D eigenvalue weighted by atomic mass is 16.5. The molecule has 192 valence electrons. The zero-order chi connectivity index (χ0) is 26.8. The fraction of sp³-hybridized carbons (Fsp3) is 0.241. The molecule has 0 saturated heterocycles. The number of aryl methyl sites for hydroxylation is 1. The number of nitrogens with zero attached hydrogens (tertiary/aromatic N) is 1. The van der Waals surface area contributed by atoms with E-state index in [1.165, 1.54) is 13.2 Å². The summed E-state index contributed by atoms with van der Waals surface area (Å²) < 4.78 is 27.8. The molecule has 3 aromatic rings. The van der Waals surface area contributed by atoms with Gasteiger partial charge in [-0.2, -0.15) is 5.26 Å². The zero-order valence-electron chi connectivity index (χ0n) is 21.6. The lowest BCUT2D eigenvalue weighted by molar-refractivity contribution is -0.112.